The molecule has 0 aromatic heterocycles. The summed E-state index contributed by atoms with van der Waals surface area (Å²) >= 11 is 3.43. The summed E-state index contributed by atoms with van der Waals surface area (Å²) in [5.74, 6) is -0.400. The van der Waals surface area contributed by atoms with Crippen LogP contribution in [0.5, 0.6) is 0 Å². The summed E-state index contributed by atoms with van der Waals surface area (Å²) in [6.07, 6.45) is 0.161. The minimum absolute atomic E-state index is 0.161. The van der Waals surface area contributed by atoms with Crippen LogP contribution in [0.15, 0.2) is 53.0 Å². The molecule has 0 saturated carbocycles. The van der Waals surface area contributed by atoms with Crippen molar-refractivity contribution in [2.75, 3.05) is 10.2 Å². The minimum atomic E-state index is -0.535. The van der Waals surface area contributed by atoms with Gasteiger partial charge in [0.25, 0.3) is 5.91 Å². The molecule has 0 radical (unpaired) electrons. The molecule has 5 heteroatoms. The van der Waals surface area contributed by atoms with Gasteiger partial charge in [0.15, 0.2) is 0 Å². The molecule has 4 nitrogen and oxygen atoms in total. The zero-order chi connectivity index (χ0) is 15.7. The Balaban J connectivity index is 1.82. The Labute approximate surface area is 137 Å². The third-order valence-corrected chi connectivity index (χ3v) is 4.33. The maximum Gasteiger partial charge on any atom is 0.256 e. The normalized spacial score (nSPS) is 17.9. The van der Waals surface area contributed by atoms with Gasteiger partial charge >= 0.3 is 0 Å². The quantitative estimate of drug-likeness (QED) is 0.854. The molecule has 1 atom stereocenters. The fourth-order valence-corrected chi connectivity index (χ4v) is 2.88. The first-order valence-corrected chi connectivity index (χ1v) is 7.80. The second-order valence-corrected chi connectivity index (χ2v) is 6.14. The van der Waals surface area contributed by atoms with Gasteiger partial charge in [-0.2, -0.15) is 0 Å². The van der Waals surface area contributed by atoms with Gasteiger partial charge in [0.1, 0.15) is 6.04 Å². The second-order valence-electron chi connectivity index (χ2n) is 5.28. The number of benzene rings is 2. The SMILES string of the molecule is Cc1ccc(N2C(=O)C[C@H](Nc3ccccc3Br)C2=O)cc1. The van der Waals surface area contributed by atoms with Gasteiger partial charge in [-0.1, -0.05) is 29.8 Å². The van der Waals surface area contributed by atoms with Crippen LogP contribution in [0.2, 0.25) is 0 Å². The molecule has 22 heavy (non-hydrogen) atoms. The lowest BCUT2D eigenvalue weighted by Crippen LogP contribution is -2.34. The first-order valence-electron chi connectivity index (χ1n) is 7.01. The van der Waals surface area contributed by atoms with Gasteiger partial charge < -0.3 is 5.32 Å². The highest BCUT2D eigenvalue weighted by Crippen LogP contribution is 2.28. The molecule has 3 rings (SSSR count). The molecule has 1 aliphatic rings. The number of imide groups is 1. The van der Waals surface area contributed by atoms with Crippen molar-refractivity contribution in [1.82, 2.24) is 0 Å². The Hall–Kier alpha value is -2.14. The van der Waals surface area contributed by atoms with Gasteiger partial charge in [-0.3, -0.25) is 9.59 Å². The highest BCUT2D eigenvalue weighted by Gasteiger charge is 2.39. The lowest BCUT2D eigenvalue weighted by atomic mass is 10.2. The number of halogens is 1. The minimum Gasteiger partial charge on any atom is -0.372 e. The number of carbonyl (C=O) groups is 2. The lowest BCUT2D eigenvalue weighted by Gasteiger charge is -2.16. The van der Waals surface area contributed by atoms with E-state index in [2.05, 4.69) is 21.2 Å². The second kappa shape index (κ2) is 5.93. The summed E-state index contributed by atoms with van der Waals surface area (Å²) in [4.78, 5) is 26.0. The fourth-order valence-electron chi connectivity index (χ4n) is 2.48. The van der Waals surface area contributed by atoms with E-state index in [0.29, 0.717) is 5.69 Å². The van der Waals surface area contributed by atoms with Crippen LogP contribution in [0, 0.1) is 6.92 Å². The summed E-state index contributed by atoms with van der Waals surface area (Å²) in [6.45, 7) is 1.97. The van der Waals surface area contributed by atoms with Crippen LogP contribution < -0.4 is 10.2 Å². The van der Waals surface area contributed by atoms with E-state index in [4.69, 9.17) is 0 Å². The molecule has 0 aliphatic carbocycles. The van der Waals surface area contributed by atoms with Crippen molar-refractivity contribution in [3.8, 4) is 0 Å². The van der Waals surface area contributed by atoms with E-state index in [0.717, 1.165) is 15.7 Å². The molecule has 0 bridgehead atoms. The molecule has 0 spiro atoms. The van der Waals surface area contributed by atoms with Crippen molar-refractivity contribution in [3.05, 3.63) is 58.6 Å². The van der Waals surface area contributed by atoms with Crippen LogP contribution in [0.1, 0.15) is 12.0 Å². The molecule has 1 aliphatic heterocycles. The van der Waals surface area contributed by atoms with Gasteiger partial charge in [0.05, 0.1) is 12.1 Å². The third-order valence-electron chi connectivity index (χ3n) is 3.64. The Morgan fingerprint density at radius 1 is 1.09 bits per heavy atom. The lowest BCUT2D eigenvalue weighted by molar-refractivity contribution is -0.121. The van der Waals surface area contributed by atoms with Crippen LogP contribution in [0.3, 0.4) is 0 Å². The zero-order valence-electron chi connectivity index (χ0n) is 12.0. The van der Waals surface area contributed by atoms with E-state index < -0.39 is 6.04 Å². The van der Waals surface area contributed by atoms with Crippen molar-refractivity contribution < 1.29 is 9.59 Å². The summed E-state index contributed by atoms with van der Waals surface area (Å²) in [7, 11) is 0. The summed E-state index contributed by atoms with van der Waals surface area (Å²) in [6, 6.07) is 14.4. The van der Waals surface area contributed by atoms with Crippen molar-refractivity contribution in [3.63, 3.8) is 0 Å². The average Bonchev–Trinajstić information content (AvgIpc) is 2.77. The maximum atomic E-state index is 12.5. The van der Waals surface area contributed by atoms with E-state index in [1.54, 1.807) is 12.1 Å². The number of rotatable bonds is 3. The van der Waals surface area contributed by atoms with Gasteiger partial charge in [0.2, 0.25) is 5.91 Å². The van der Waals surface area contributed by atoms with Crippen LogP contribution in [-0.4, -0.2) is 17.9 Å². The van der Waals surface area contributed by atoms with Crippen LogP contribution >= 0.6 is 15.9 Å². The van der Waals surface area contributed by atoms with Crippen LogP contribution in [-0.2, 0) is 9.59 Å². The standard InChI is InChI=1S/C17H15BrN2O2/c1-11-6-8-12(9-7-11)20-16(21)10-15(17(20)22)19-14-5-3-2-4-13(14)18/h2-9,15,19H,10H2,1H3/t15-/m0/s1. The van der Waals surface area contributed by atoms with Gasteiger partial charge in [0, 0.05) is 10.2 Å². The number of nitrogens with zero attached hydrogens (tertiary/aromatic N) is 1. The Morgan fingerprint density at radius 2 is 1.77 bits per heavy atom. The average molecular weight is 359 g/mol. The Bertz CT molecular complexity index is 728. The third kappa shape index (κ3) is 2.76. The van der Waals surface area contributed by atoms with Crippen LogP contribution in [0.25, 0.3) is 0 Å². The van der Waals surface area contributed by atoms with Crippen molar-refractivity contribution >= 4 is 39.1 Å². The first kappa shape index (κ1) is 14.8. The number of hydrogen-bond acceptors (Lipinski definition) is 3. The number of nitrogens with one attached hydrogen (secondary N) is 1. The number of amides is 2. The summed E-state index contributed by atoms with van der Waals surface area (Å²) in [5, 5.41) is 3.14. The number of aryl methyl sites for hydroxylation is 1. The van der Waals surface area contributed by atoms with Gasteiger partial charge in [-0.25, -0.2) is 4.90 Å². The number of para-hydroxylation sites is 1. The monoisotopic (exact) mass is 358 g/mol. The molecule has 112 valence electrons. The largest absolute Gasteiger partial charge is 0.372 e. The fraction of sp³-hybridized carbons (Fsp3) is 0.176. The number of carbonyl (C=O) groups excluding carboxylic acids is 2. The summed E-state index contributed by atoms with van der Waals surface area (Å²) in [5.41, 5.74) is 2.52. The number of anilines is 2. The number of hydrogen-bond donors (Lipinski definition) is 1. The van der Waals surface area contributed by atoms with E-state index in [1.165, 1.54) is 4.90 Å². The predicted octanol–water partition coefficient (Wildman–Crippen LogP) is 3.50. The van der Waals surface area contributed by atoms with Gasteiger partial charge in [-0.05, 0) is 47.1 Å². The molecule has 1 fully saturated rings. The van der Waals surface area contributed by atoms with Crippen molar-refractivity contribution in [2.45, 2.75) is 19.4 Å². The topological polar surface area (TPSA) is 49.4 Å². The maximum absolute atomic E-state index is 12.5. The van der Waals surface area contributed by atoms with E-state index in [9.17, 15) is 9.59 Å². The highest BCUT2D eigenvalue weighted by molar-refractivity contribution is 9.10. The van der Waals surface area contributed by atoms with E-state index in [-0.39, 0.29) is 18.2 Å². The Morgan fingerprint density at radius 3 is 2.45 bits per heavy atom. The Kier molecular flexibility index (Phi) is 3.98. The van der Waals surface area contributed by atoms with E-state index in [1.807, 2.05) is 43.3 Å². The molecule has 2 amide bonds. The van der Waals surface area contributed by atoms with E-state index >= 15 is 0 Å². The molecule has 2 aromatic carbocycles. The van der Waals surface area contributed by atoms with Crippen molar-refractivity contribution in [1.29, 1.82) is 0 Å². The molecular formula is C17H15BrN2O2. The van der Waals surface area contributed by atoms with Crippen molar-refractivity contribution in [2.24, 2.45) is 0 Å². The van der Waals surface area contributed by atoms with Gasteiger partial charge in [-0.15, -0.1) is 0 Å². The molecule has 1 N–H and O–H groups in total. The highest BCUT2D eigenvalue weighted by atomic mass is 79.9. The smallest absolute Gasteiger partial charge is 0.256 e. The molecule has 2 aromatic rings. The predicted molar refractivity (Wildman–Crippen MR) is 89.8 cm³/mol. The summed E-state index contributed by atoms with van der Waals surface area (Å²) < 4.78 is 0.865. The first-order chi connectivity index (χ1) is 10.6. The molecule has 1 heterocycles. The molecular weight excluding hydrogens is 344 g/mol. The molecule has 1 saturated heterocycles. The van der Waals surface area contributed by atoms with Crippen LogP contribution in [0.4, 0.5) is 11.4 Å². The zero-order valence-corrected chi connectivity index (χ0v) is 13.6. The molecule has 0 unspecified atom stereocenters.